The van der Waals surface area contributed by atoms with Gasteiger partial charge in [0.15, 0.2) is 11.5 Å². The summed E-state index contributed by atoms with van der Waals surface area (Å²) < 4.78 is 0.776. The minimum absolute atomic E-state index is 0.00532. The van der Waals surface area contributed by atoms with Gasteiger partial charge in [-0.2, -0.15) is 0 Å². The van der Waals surface area contributed by atoms with Crippen molar-refractivity contribution >= 4 is 45.8 Å². The van der Waals surface area contributed by atoms with E-state index in [1.54, 1.807) is 18.2 Å². The molecule has 0 bridgehead atoms. The second-order valence-corrected chi connectivity index (χ2v) is 5.35. The number of aromatic hydroxyl groups is 2. The monoisotopic (exact) mass is 389 g/mol. The lowest BCUT2D eigenvalue weighted by Crippen LogP contribution is -2.12. The van der Waals surface area contributed by atoms with Gasteiger partial charge in [0.1, 0.15) is 0 Å². The molecule has 2 rings (SSSR count). The van der Waals surface area contributed by atoms with Crippen molar-refractivity contribution in [1.82, 2.24) is 0 Å². The van der Waals surface area contributed by atoms with Crippen LogP contribution in [0.5, 0.6) is 11.5 Å². The van der Waals surface area contributed by atoms with Crippen LogP contribution < -0.4 is 5.32 Å². The van der Waals surface area contributed by atoms with Crippen molar-refractivity contribution < 1.29 is 15.0 Å². The van der Waals surface area contributed by atoms with E-state index in [-0.39, 0.29) is 11.3 Å². The van der Waals surface area contributed by atoms with E-state index in [2.05, 4.69) is 5.32 Å². The number of hydrogen-bond donors (Lipinski definition) is 3. The number of phenolic OH excluding ortho intramolecular Hbond substituents is 2. The molecule has 6 heteroatoms. The zero-order valence-electron chi connectivity index (χ0n) is 9.52. The van der Waals surface area contributed by atoms with Gasteiger partial charge in [0, 0.05) is 8.59 Å². The number of amides is 1. The van der Waals surface area contributed by atoms with Crippen molar-refractivity contribution in [2.24, 2.45) is 0 Å². The summed E-state index contributed by atoms with van der Waals surface area (Å²) in [6.07, 6.45) is 0. The molecule has 0 heterocycles. The van der Waals surface area contributed by atoms with E-state index in [0.29, 0.717) is 10.7 Å². The molecule has 19 heavy (non-hydrogen) atoms. The molecule has 0 saturated carbocycles. The van der Waals surface area contributed by atoms with Crippen LogP contribution in [-0.2, 0) is 0 Å². The lowest BCUT2D eigenvalue weighted by atomic mass is 10.1. The normalized spacial score (nSPS) is 10.2. The van der Waals surface area contributed by atoms with Gasteiger partial charge in [-0.1, -0.05) is 17.7 Å². The molecular weight excluding hydrogens is 381 g/mol. The van der Waals surface area contributed by atoms with Crippen molar-refractivity contribution in [3.05, 3.63) is 50.6 Å². The molecule has 0 aromatic heterocycles. The summed E-state index contributed by atoms with van der Waals surface area (Å²) in [5, 5.41) is 22.2. The van der Waals surface area contributed by atoms with Crippen LogP contribution in [0.3, 0.4) is 0 Å². The Morgan fingerprint density at radius 3 is 2.63 bits per heavy atom. The van der Waals surface area contributed by atoms with Crippen LogP contribution in [0.4, 0.5) is 5.69 Å². The van der Waals surface area contributed by atoms with E-state index in [4.69, 9.17) is 11.6 Å². The second kappa shape index (κ2) is 5.66. The largest absolute Gasteiger partial charge is 0.504 e. The van der Waals surface area contributed by atoms with Gasteiger partial charge in [-0.3, -0.25) is 4.79 Å². The molecule has 1 amide bonds. The number of anilines is 1. The van der Waals surface area contributed by atoms with Gasteiger partial charge in [-0.05, 0) is 52.9 Å². The first-order valence-electron chi connectivity index (χ1n) is 5.26. The fourth-order valence-electron chi connectivity index (χ4n) is 1.50. The lowest BCUT2D eigenvalue weighted by molar-refractivity contribution is 0.102. The van der Waals surface area contributed by atoms with Crippen LogP contribution in [0.1, 0.15) is 10.4 Å². The zero-order valence-corrected chi connectivity index (χ0v) is 12.4. The molecule has 0 aliphatic heterocycles. The third-order valence-electron chi connectivity index (χ3n) is 2.44. The van der Waals surface area contributed by atoms with Crippen LogP contribution in [0.25, 0.3) is 0 Å². The number of benzene rings is 2. The van der Waals surface area contributed by atoms with Crippen LogP contribution in [0.2, 0.25) is 5.02 Å². The van der Waals surface area contributed by atoms with Gasteiger partial charge in [0.05, 0.1) is 11.3 Å². The highest BCUT2D eigenvalue weighted by atomic mass is 127. The second-order valence-electron chi connectivity index (χ2n) is 3.75. The number of carbonyl (C=O) groups excluding carboxylic acids is 1. The molecule has 0 fully saturated rings. The predicted molar refractivity (Wildman–Crippen MR) is 81.9 cm³/mol. The Bertz CT molecular complexity index is 646. The van der Waals surface area contributed by atoms with Crippen molar-refractivity contribution in [3.63, 3.8) is 0 Å². The molecular formula is C13H9ClINO3. The molecule has 0 saturated heterocycles. The zero-order chi connectivity index (χ0) is 14.0. The summed E-state index contributed by atoms with van der Waals surface area (Å²) in [5.41, 5.74) is 0.587. The first-order chi connectivity index (χ1) is 8.99. The first kappa shape index (κ1) is 14.0. The quantitative estimate of drug-likeness (QED) is 0.543. The highest BCUT2D eigenvalue weighted by Crippen LogP contribution is 2.29. The third kappa shape index (κ3) is 3.10. The van der Waals surface area contributed by atoms with Gasteiger partial charge in [-0.25, -0.2) is 0 Å². The van der Waals surface area contributed by atoms with Gasteiger partial charge in [-0.15, -0.1) is 0 Å². The summed E-state index contributed by atoms with van der Waals surface area (Å²) in [6, 6.07) is 9.24. The maximum Gasteiger partial charge on any atom is 0.259 e. The van der Waals surface area contributed by atoms with Gasteiger partial charge >= 0.3 is 0 Å². The highest BCUT2D eigenvalue weighted by molar-refractivity contribution is 14.1. The molecule has 4 nitrogen and oxygen atoms in total. The van der Waals surface area contributed by atoms with Crippen LogP contribution in [0.15, 0.2) is 36.4 Å². The third-order valence-corrected chi connectivity index (χ3v) is 3.57. The smallest absolute Gasteiger partial charge is 0.259 e. The Hall–Kier alpha value is -1.47. The SMILES string of the molecule is O=C(Nc1ccc(Cl)cc1I)c1cccc(O)c1O. The summed E-state index contributed by atoms with van der Waals surface area (Å²) in [4.78, 5) is 12.0. The van der Waals surface area contributed by atoms with Crippen molar-refractivity contribution in [2.45, 2.75) is 0 Å². The Balaban J connectivity index is 2.28. The molecule has 0 radical (unpaired) electrons. The minimum atomic E-state index is -0.506. The molecule has 3 N–H and O–H groups in total. The summed E-state index contributed by atoms with van der Waals surface area (Å²) in [5.74, 6) is -1.28. The summed E-state index contributed by atoms with van der Waals surface area (Å²) in [7, 11) is 0. The Kier molecular flexibility index (Phi) is 4.16. The Morgan fingerprint density at radius 2 is 1.95 bits per heavy atom. The predicted octanol–water partition coefficient (Wildman–Crippen LogP) is 3.61. The number of hydrogen-bond acceptors (Lipinski definition) is 3. The van der Waals surface area contributed by atoms with Gasteiger partial charge < -0.3 is 15.5 Å². The van der Waals surface area contributed by atoms with Gasteiger partial charge in [0.2, 0.25) is 0 Å². The van der Waals surface area contributed by atoms with E-state index >= 15 is 0 Å². The van der Waals surface area contributed by atoms with Crippen LogP contribution in [-0.4, -0.2) is 16.1 Å². The molecule has 0 aliphatic rings. The molecule has 0 unspecified atom stereocenters. The number of carbonyl (C=O) groups is 1. The number of para-hydroxylation sites is 1. The standard InChI is InChI=1S/C13H9ClINO3/c14-7-4-5-10(9(15)6-7)16-13(19)8-2-1-3-11(17)12(8)18/h1-6,17-18H,(H,16,19). The fraction of sp³-hybridized carbons (Fsp3) is 0. The average Bonchev–Trinajstić information content (AvgIpc) is 2.36. The lowest BCUT2D eigenvalue weighted by Gasteiger charge is -2.09. The fourth-order valence-corrected chi connectivity index (χ4v) is 2.50. The van der Waals surface area contributed by atoms with E-state index in [0.717, 1.165) is 3.57 Å². The molecule has 2 aromatic carbocycles. The summed E-state index contributed by atoms with van der Waals surface area (Å²) >= 11 is 7.87. The topological polar surface area (TPSA) is 69.6 Å². The highest BCUT2D eigenvalue weighted by Gasteiger charge is 2.15. The van der Waals surface area contributed by atoms with E-state index in [9.17, 15) is 15.0 Å². The van der Waals surface area contributed by atoms with E-state index < -0.39 is 11.7 Å². The van der Waals surface area contributed by atoms with Gasteiger partial charge in [0.25, 0.3) is 5.91 Å². The molecule has 0 atom stereocenters. The van der Waals surface area contributed by atoms with Crippen LogP contribution in [0, 0.1) is 3.57 Å². The molecule has 0 aliphatic carbocycles. The molecule has 2 aromatic rings. The van der Waals surface area contributed by atoms with Crippen molar-refractivity contribution in [3.8, 4) is 11.5 Å². The van der Waals surface area contributed by atoms with E-state index in [1.165, 1.54) is 18.2 Å². The average molecular weight is 390 g/mol. The first-order valence-corrected chi connectivity index (χ1v) is 6.72. The number of rotatable bonds is 2. The van der Waals surface area contributed by atoms with Crippen LogP contribution >= 0.6 is 34.2 Å². The minimum Gasteiger partial charge on any atom is -0.504 e. The Morgan fingerprint density at radius 1 is 1.21 bits per heavy atom. The van der Waals surface area contributed by atoms with Crippen molar-refractivity contribution in [2.75, 3.05) is 5.32 Å². The number of halogens is 2. The van der Waals surface area contributed by atoms with Crippen molar-refractivity contribution in [1.29, 1.82) is 0 Å². The Labute approximate surface area is 128 Å². The number of nitrogens with one attached hydrogen (secondary N) is 1. The maximum atomic E-state index is 12.0. The maximum absolute atomic E-state index is 12.0. The molecule has 0 spiro atoms. The van der Waals surface area contributed by atoms with E-state index in [1.807, 2.05) is 22.6 Å². The number of phenols is 2. The summed E-state index contributed by atoms with van der Waals surface area (Å²) in [6.45, 7) is 0. The molecule has 98 valence electrons.